The van der Waals surface area contributed by atoms with Gasteiger partial charge in [-0.15, -0.1) is 0 Å². The molecule has 3 aromatic carbocycles. The van der Waals surface area contributed by atoms with Crippen LogP contribution in [0.5, 0.6) is 5.75 Å². The van der Waals surface area contributed by atoms with E-state index < -0.39 is 6.10 Å². The number of benzene rings is 3. The Morgan fingerprint density at radius 1 is 1.08 bits per heavy atom. The van der Waals surface area contributed by atoms with E-state index in [1.54, 1.807) is 12.1 Å². The summed E-state index contributed by atoms with van der Waals surface area (Å²) in [6.07, 6.45) is 2.53. The fraction of sp³-hybridized carbons (Fsp3) is 0.355. The molecule has 2 unspecified atom stereocenters. The highest BCUT2D eigenvalue weighted by Crippen LogP contribution is 2.41. The highest BCUT2D eigenvalue weighted by atomic mass is 19.1. The van der Waals surface area contributed by atoms with Gasteiger partial charge in [-0.05, 0) is 79.1 Å². The van der Waals surface area contributed by atoms with Crippen molar-refractivity contribution >= 4 is 11.8 Å². The van der Waals surface area contributed by atoms with Crippen molar-refractivity contribution in [3.8, 4) is 5.75 Å². The van der Waals surface area contributed by atoms with Crippen LogP contribution in [0, 0.1) is 18.7 Å². The summed E-state index contributed by atoms with van der Waals surface area (Å²) in [5.41, 5.74) is 5.18. The highest BCUT2D eigenvalue weighted by Gasteiger charge is 2.39. The number of amides is 2. The Morgan fingerprint density at radius 3 is 2.62 bits per heavy atom. The van der Waals surface area contributed by atoms with Gasteiger partial charge in [0.15, 0.2) is 6.10 Å². The van der Waals surface area contributed by atoms with Crippen LogP contribution in [0.15, 0.2) is 66.7 Å². The van der Waals surface area contributed by atoms with Crippen molar-refractivity contribution in [3.63, 3.8) is 0 Å². The molecule has 6 heteroatoms. The Morgan fingerprint density at radius 2 is 1.89 bits per heavy atom. The molecule has 0 saturated heterocycles. The number of hydrogen-bond acceptors (Lipinski definition) is 3. The van der Waals surface area contributed by atoms with Crippen molar-refractivity contribution in [2.75, 3.05) is 6.54 Å². The van der Waals surface area contributed by atoms with Crippen LogP contribution in [-0.4, -0.2) is 29.4 Å². The van der Waals surface area contributed by atoms with Crippen LogP contribution in [0.2, 0.25) is 0 Å². The number of aryl methyl sites for hydroxylation is 1. The van der Waals surface area contributed by atoms with E-state index in [1.165, 1.54) is 17.7 Å². The molecule has 1 heterocycles. The first kappa shape index (κ1) is 25.0. The van der Waals surface area contributed by atoms with Gasteiger partial charge in [-0.25, -0.2) is 4.39 Å². The average Bonchev–Trinajstić information content (AvgIpc) is 3.75. The van der Waals surface area contributed by atoms with Crippen LogP contribution in [0.3, 0.4) is 0 Å². The molecule has 2 aliphatic rings. The second-order valence-corrected chi connectivity index (χ2v) is 10.1. The second-order valence-electron chi connectivity index (χ2n) is 10.1. The zero-order valence-electron chi connectivity index (χ0n) is 21.4. The molecule has 2 atom stereocenters. The van der Waals surface area contributed by atoms with Crippen molar-refractivity contribution in [3.05, 3.63) is 100 Å². The molecule has 3 aromatic rings. The molecule has 1 aliphatic heterocycles. The van der Waals surface area contributed by atoms with Crippen molar-refractivity contribution in [2.24, 2.45) is 5.92 Å². The molecule has 5 rings (SSSR count). The second kappa shape index (κ2) is 10.8. The van der Waals surface area contributed by atoms with Crippen LogP contribution < -0.4 is 10.1 Å². The lowest BCUT2D eigenvalue weighted by Gasteiger charge is -2.38. The summed E-state index contributed by atoms with van der Waals surface area (Å²) >= 11 is 0. The Labute approximate surface area is 217 Å². The number of rotatable bonds is 8. The van der Waals surface area contributed by atoms with Crippen molar-refractivity contribution in [1.82, 2.24) is 10.2 Å². The molecule has 1 N–H and O–H groups in total. The average molecular weight is 501 g/mol. The van der Waals surface area contributed by atoms with Crippen LogP contribution in [0.1, 0.15) is 60.0 Å². The minimum Gasteiger partial charge on any atom is -0.481 e. The molecular weight excluding hydrogens is 467 g/mol. The van der Waals surface area contributed by atoms with Crippen molar-refractivity contribution < 1.29 is 18.7 Å². The predicted molar refractivity (Wildman–Crippen MR) is 141 cm³/mol. The van der Waals surface area contributed by atoms with E-state index in [2.05, 4.69) is 36.5 Å². The number of nitrogens with zero attached hydrogens (tertiary/aromatic N) is 1. The molecule has 37 heavy (non-hydrogen) atoms. The maximum Gasteiger partial charge on any atom is 0.261 e. The largest absolute Gasteiger partial charge is 0.481 e. The summed E-state index contributed by atoms with van der Waals surface area (Å²) in [5, 5.41) is 2.86. The number of hydrogen-bond donors (Lipinski definition) is 1. The predicted octanol–water partition coefficient (Wildman–Crippen LogP) is 5.49. The van der Waals surface area contributed by atoms with Crippen molar-refractivity contribution in [2.45, 2.75) is 58.2 Å². The highest BCUT2D eigenvalue weighted by molar-refractivity contribution is 5.82. The lowest BCUT2D eigenvalue weighted by Crippen LogP contribution is -2.41. The van der Waals surface area contributed by atoms with E-state index >= 15 is 0 Å². The lowest BCUT2D eigenvalue weighted by molar-refractivity contribution is -0.134. The number of carbonyl (C=O) groups is 2. The fourth-order valence-electron chi connectivity index (χ4n) is 5.10. The van der Waals surface area contributed by atoms with E-state index in [1.807, 2.05) is 30.0 Å². The minimum atomic E-state index is -0.684. The first-order valence-corrected chi connectivity index (χ1v) is 13.1. The third-order valence-corrected chi connectivity index (χ3v) is 7.21. The van der Waals surface area contributed by atoms with Gasteiger partial charge in [0.1, 0.15) is 11.6 Å². The van der Waals surface area contributed by atoms with Gasteiger partial charge in [0.05, 0.1) is 6.04 Å². The van der Waals surface area contributed by atoms with E-state index in [4.69, 9.17) is 4.74 Å². The van der Waals surface area contributed by atoms with Gasteiger partial charge in [0.25, 0.3) is 5.91 Å². The normalized spacial score (nSPS) is 17.6. The summed E-state index contributed by atoms with van der Waals surface area (Å²) < 4.78 is 19.7. The molecule has 2 amide bonds. The van der Waals surface area contributed by atoms with Gasteiger partial charge in [-0.1, -0.05) is 55.0 Å². The van der Waals surface area contributed by atoms with Gasteiger partial charge >= 0.3 is 0 Å². The van der Waals surface area contributed by atoms with Crippen LogP contribution in [0.25, 0.3) is 0 Å². The molecule has 5 nitrogen and oxygen atoms in total. The minimum absolute atomic E-state index is 0.138. The summed E-state index contributed by atoms with van der Waals surface area (Å²) in [4.78, 5) is 28.2. The van der Waals surface area contributed by atoms with Gasteiger partial charge < -0.3 is 15.0 Å². The Balaban J connectivity index is 1.38. The molecule has 192 valence electrons. The fourth-order valence-corrected chi connectivity index (χ4v) is 5.10. The van der Waals surface area contributed by atoms with Gasteiger partial charge in [0, 0.05) is 19.0 Å². The molecule has 1 aliphatic carbocycles. The smallest absolute Gasteiger partial charge is 0.261 e. The SMILES string of the molecule is CCC(Oc1ccc2c(c1)C(c1cccc(C)c1)N(C(=O)C1CC1)CC2)C(=O)NCc1cccc(F)c1. The zero-order chi connectivity index (χ0) is 25.9. The summed E-state index contributed by atoms with van der Waals surface area (Å²) in [5.74, 6) is 0.391. The Hall–Kier alpha value is -3.67. The number of halogens is 1. The van der Waals surface area contributed by atoms with E-state index in [-0.39, 0.29) is 36.1 Å². The standard InChI is InChI=1S/C31H33FN2O3/c1-3-28(30(35)33-19-21-7-5-9-25(32)17-21)37-26-13-12-22-14-15-34(31(36)23-10-11-23)29(27(22)18-26)24-8-4-6-20(2)16-24/h4-9,12-13,16-18,23,28-29H,3,10-11,14-15,19H2,1-2H3,(H,33,35). The molecule has 1 fully saturated rings. The number of fused-ring (bicyclic) bond motifs is 1. The van der Waals surface area contributed by atoms with Gasteiger partial charge in [0.2, 0.25) is 5.91 Å². The summed E-state index contributed by atoms with van der Waals surface area (Å²) in [7, 11) is 0. The molecule has 0 radical (unpaired) electrons. The third kappa shape index (κ3) is 5.68. The first-order valence-electron chi connectivity index (χ1n) is 13.1. The summed E-state index contributed by atoms with van der Waals surface area (Å²) in [6, 6.07) is 20.3. The van der Waals surface area contributed by atoms with Crippen LogP contribution in [-0.2, 0) is 22.6 Å². The monoisotopic (exact) mass is 500 g/mol. The Bertz CT molecular complexity index is 1300. The number of nitrogens with one attached hydrogen (secondary N) is 1. The number of ether oxygens (including phenoxy) is 1. The van der Waals surface area contributed by atoms with E-state index in [0.29, 0.717) is 24.3 Å². The first-order chi connectivity index (χ1) is 17.9. The van der Waals surface area contributed by atoms with E-state index in [9.17, 15) is 14.0 Å². The quantitative estimate of drug-likeness (QED) is 0.445. The van der Waals surface area contributed by atoms with Crippen LogP contribution in [0.4, 0.5) is 4.39 Å². The molecule has 0 bridgehead atoms. The molecule has 1 saturated carbocycles. The molecular formula is C31H33FN2O3. The third-order valence-electron chi connectivity index (χ3n) is 7.21. The van der Waals surface area contributed by atoms with Crippen molar-refractivity contribution in [1.29, 1.82) is 0 Å². The zero-order valence-corrected chi connectivity index (χ0v) is 21.4. The van der Waals surface area contributed by atoms with Gasteiger partial charge in [-0.3, -0.25) is 9.59 Å². The number of carbonyl (C=O) groups excluding carboxylic acids is 2. The molecule has 0 spiro atoms. The summed E-state index contributed by atoms with van der Waals surface area (Å²) in [6.45, 7) is 4.89. The van der Waals surface area contributed by atoms with E-state index in [0.717, 1.165) is 36.0 Å². The topological polar surface area (TPSA) is 58.6 Å². The molecule has 0 aromatic heterocycles. The van der Waals surface area contributed by atoms with Crippen LogP contribution >= 0.6 is 0 Å². The Kier molecular flexibility index (Phi) is 7.26. The lowest BCUT2D eigenvalue weighted by atomic mass is 9.87. The maximum absolute atomic E-state index is 13.5. The maximum atomic E-state index is 13.5. The van der Waals surface area contributed by atoms with Gasteiger partial charge in [-0.2, -0.15) is 0 Å².